The maximum absolute atomic E-state index is 12.4. The van der Waals surface area contributed by atoms with E-state index in [1.807, 2.05) is 0 Å². The van der Waals surface area contributed by atoms with Crippen LogP contribution in [0.4, 0.5) is 5.69 Å². The van der Waals surface area contributed by atoms with E-state index in [1.54, 1.807) is 49.4 Å². The monoisotopic (exact) mass is 388 g/mol. The van der Waals surface area contributed by atoms with E-state index < -0.39 is 18.5 Å². The van der Waals surface area contributed by atoms with Crippen LogP contribution < -0.4 is 5.32 Å². The van der Waals surface area contributed by atoms with E-state index in [9.17, 15) is 9.59 Å². The standard InChI is InChI=1S/C19H14Cl2N2O3/c1-11-14(20)6-4-8-15(11)23-18(24)10-26-19(25)13-9-17(21)22-16-7-3-2-5-12(13)16/h2-9H,10H2,1H3,(H,23,24). The van der Waals surface area contributed by atoms with Crippen molar-refractivity contribution in [3.63, 3.8) is 0 Å². The van der Waals surface area contributed by atoms with E-state index in [1.165, 1.54) is 6.07 Å². The van der Waals surface area contributed by atoms with Gasteiger partial charge >= 0.3 is 5.97 Å². The smallest absolute Gasteiger partial charge is 0.339 e. The molecule has 0 unspecified atom stereocenters. The van der Waals surface area contributed by atoms with Crippen molar-refractivity contribution in [2.75, 3.05) is 11.9 Å². The van der Waals surface area contributed by atoms with Crippen LogP contribution in [0.15, 0.2) is 48.5 Å². The summed E-state index contributed by atoms with van der Waals surface area (Å²) < 4.78 is 5.12. The molecule has 5 nitrogen and oxygen atoms in total. The molecule has 3 rings (SSSR count). The number of amides is 1. The number of aromatic nitrogens is 1. The van der Waals surface area contributed by atoms with Crippen LogP contribution in [0.25, 0.3) is 10.9 Å². The SMILES string of the molecule is Cc1c(Cl)cccc1NC(=O)COC(=O)c1cc(Cl)nc2ccccc12. The van der Waals surface area contributed by atoms with Gasteiger partial charge in [-0.25, -0.2) is 9.78 Å². The zero-order valence-electron chi connectivity index (χ0n) is 13.8. The summed E-state index contributed by atoms with van der Waals surface area (Å²) in [4.78, 5) is 28.6. The lowest BCUT2D eigenvalue weighted by atomic mass is 10.1. The fourth-order valence-corrected chi connectivity index (χ4v) is 2.82. The zero-order chi connectivity index (χ0) is 18.7. The second kappa shape index (κ2) is 7.72. The van der Waals surface area contributed by atoms with E-state index in [-0.39, 0.29) is 10.7 Å². The first-order chi connectivity index (χ1) is 12.5. The first-order valence-corrected chi connectivity index (χ1v) is 8.48. The van der Waals surface area contributed by atoms with Gasteiger partial charge in [-0.15, -0.1) is 0 Å². The Morgan fingerprint density at radius 1 is 1.12 bits per heavy atom. The number of ether oxygens (including phenoxy) is 1. The summed E-state index contributed by atoms with van der Waals surface area (Å²) in [7, 11) is 0. The number of pyridine rings is 1. The van der Waals surface area contributed by atoms with Gasteiger partial charge in [0, 0.05) is 16.1 Å². The number of hydrogen-bond donors (Lipinski definition) is 1. The van der Waals surface area contributed by atoms with Crippen molar-refractivity contribution in [3.8, 4) is 0 Å². The van der Waals surface area contributed by atoms with Crippen molar-refractivity contribution in [2.24, 2.45) is 0 Å². The molecule has 132 valence electrons. The third kappa shape index (κ3) is 3.95. The molecule has 0 bridgehead atoms. The van der Waals surface area contributed by atoms with Gasteiger partial charge in [0.2, 0.25) is 0 Å². The molecule has 0 atom stereocenters. The number of carbonyl (C=O) groups is 2. The largest absolute Gasteiger partial charge is 0.452 e. The summed E-state index contributed by atoms with van der Waals surface area (Å²) in [6, 6.07) is 13.7. The van der Waals surface area contributed by atoms with E-state index in [2.05, 4.69) is 10.3 Å². The number of halogens is 2. The van der Waals surface area contributed by atoms with Crippen molar-refractivity contribution in [2.45, 2.75) is 6.92 Å². The molecule has 1 N–H and O–H groups in total. The van der Waals surface area contributed by atoms with Crippen molar-refractivity contribution in [3.05, 3.63) is 69.8 Å². The Morgan fingerprint density at radius 3 is 2.69 bits per heavy atom. The molecule has 0 saturated heterocycles. The number of nitrogens with one attached hydrogen (secondary N) is 1. The van der Waals surface area contributed by atoms with Gasteiger partial charge < -0.3 is 10.1 Å². The molecular formula is C19H14Cl2N2O3. The zero-order valence-corrected chi connectivity index (χ0v) is 15.3. The lowest BCUT2D eigenvalue weighted by molar-refractivity contribution is -0.119. The Labute approximate surface area is 159 Å². The summed E-state index contributed by atoms with van der Waals surface area (Å²) in [6.45, 7) is 1.36. The Bertz CT molecular complexity index is 1010. The molecule has 1 amide bonds. The summed E-state index contributed by atoms with van der Waals surface area (Å²) in [5.74, 6) is -1.11. The Kier molecular flexibility index (Phi) is 5.40. The molecule has 2 aromatic carbocycles. The minimum absolute atomic E-state index is 0.176. The van der Waals surface area contributed by atoms with Gasteiger partial charge in [0.1, 0.15) is 5.15 Å². The van der Waals surface area contributed by atoms with Gasteiger partial charge in [-0.05, 0) is 36.8 Å². The predicted molar refractivity (Wildman–Crippen MR) is 102 cm³/mol. The first-order valence-electron chi connectivity index (χ1n) is 7.73. The van der Waals surface area contributed by atoms with Crippen LogP contribution in [-0.4, -0.2) is 23.5 Å². The molecule has 0 saturated carbocycles. The number of esters is 1. The second-order valence-corrected chi connectivity index (χ2v) is 6.34. The van der Waals surface area contributed by atoms with Crippen molar-refractivity contribution in [1.82, 2.24) is 4.98 Å². The highest BCUT2D eigenvalue weighted by Gasteiger charge is 2.16. The molecule has 0 aliphatic carbocycles. The highest BCUT2D eigenvalue weighted by molar-refractivity contribution is 6.31. The van der Waals surface area contributed by atoms with Crippen molar-refractivity contribution < 1.29 is 14.3 Å². The van der Waals surface area contributed by atoms with Crippen LogP contribution >= 0.6 is 23.2 Å². The average Bonchev–Trinajstić information content (AvgIpc) is 2.62. The Morgan fingerprint density at radius 2 is 1.88 bits per heavy atom. The van der Waals surface area contributed by atoms with Crippen LogP contribution in [0.5, 0.6) is 0 Å². The van der Waals surface area contributed by atoms with Gasteiger partial charge in [-0.2, -0.15) is 0 Å². The van der Waals surface area contributed by atoms with E-state index >= 15 is 0 Å². The van der Waals surface area contributed by atoms with Crippen LogP contribution in [0.2, 0.25) is 10.2 Å². The maximum atomic E-state index is 12.4. The van der Waals surface area contributed by atoms with Crippen LogP contribution in [0.3, 0.4) is 0 Å². The molecule has 3 aromatic rings. The predicted octanol–water partition coefficient (Wildman–Crippen LogP) is 4.65. The highest BCUT2D eigenvalue weighted by atomic mass is 35.5. The average molecular weight is 389 g/mol. The van der Waals surface area contributed by atoms with Gasteiger partial charge in [-0.3, -0.25) is 4.79 Å². The van der Waals surface area contributed by atoms with Gasteiger partial charge in [-0.1, -0.05) is 47.5 Å². The first kappa shape index (κ1) is 18.2. The van der Waals surface area contributed by atoms with E-state index in [4.69, 9.17) is 27.9 Å². The minimum Gasteiger partial charge on any atom is -0.452 e. The number of rotatable bonds is 4. The minimum atomic E-state index is -0.650. The fraction of sp³-hybridized carbons (Fsp3) is 0.105. The Balaban J connectivity index is 1.71. The lowest BCUT2D eigenvalue weighted by Gasteiger charge is -2.10. The van der Waals surface area contributed by atoms with Crippen LogP contribution in [0, 0.1) is 6.92 Å². The molecule has 1 heterocycles. The molecule has 0 aliphatic heterocycles. The Hall–Kier alpha value is -2.63. The number of nitrogens with zero attached hydrogens (tertiary/aromatic N) is 1. The number of fused-ring (bicyclic) bond motifs is 1. The number of benzene rings is 2. The summed E-state index contributed by atoms with van der Waals surface area (Å²) in [5.41, 5.74) is 2.13. The molecule has 0 spiro atoms. The number of hydrogen-bond acceptors (Lipinski definition) is 4. The molecule has 7 heteroatoms. The van der Waals surface area contributed by atoms with Gasteiger partial charge in [0.15, 0.2) is 6.61 Å². The molecular weight excluding hydrogens is 375 g/mol. The third-order valence-electron chi connectivity index (χ3n) is 3.78. The van der Waals surface area contributed by atoms with Gasteiger partial charge in [0.05, 0.1) is 11.1 Å². The highest BCUT2D eigenvalue weighted by Crippen LogP contribution is 2.23. The fourth-order valence-electron chi connectivity index (χ4n) is 2.45. The van der Waals surface area contributed by atoms with Crippen molar-refractivity contribution >= 4 is 51.7 Å². The molecule has 26 heavy (non-hydrogen) atoms. The molecule has 0 fully saturated rings. The second-order valence-electron chi connectivity index (χ2n) is 5.55. The topological polar surface area (TPSA) is 68.3 Å². The maximum Gasteiger partial charge on any atom is 0.339 e. The number of anilines is 1. The van der Waals surface area contributed by atoms with E-state index in [0.717, 1.165) is 5.56 Å². The summed E-state index contributed by atoms with van der Waals surface area (Å²) in [6.07, 6.45) is 0. The molecule has 0 aliphatic rings. The quantitative estimate of drug-likeness (QED) is 0.521. The number of carbonyl (C=O) groups excluding carboxylic acids is 2. The van der Waals surface area contributed by atoms with E-state index in [0.29, 0.717) is 21.6 Å². The van der Waals surface area contributed by atoms with Gasteiger partial charge in [0.25, 0.3) is 5.91 Å². The third-order valence-corrected chi connectivity index (χ3v) is 4.38. The van der Waals surface area contributed by atoms with Crippen molar-refractivity contribution in [1.29, 1.82) is 0 Å². The van der Waals surface area contributed by atoms with Crippen LogP contribution in [-0.2, 0) is 9.53 Å². The molecule has 1 aromatic heterocycles. The molecule has 0 radical (unpaired) electrons. The summed E-state index contributed by atoms with van der Waals surface area (Å²) in [5, 5.41) is 3.99. The lowest BCUT2D eigenvalue weighted by Crippen LogP contribution is -2.21. The number of para-hydroxylation sites is 1. The summed E-state index contributed by atoms with van der Waals surface area (Å²) >= 11 is 12.0. The van der Waals surface area contributed by atoms with Crippen LogP contribution in [0.1, 0.15) is 15.9 Å². The normalized spacial score (nSPS) is 10.6.